The molecule has 1 saturated heterocycles. The topological polar surface area (TPSA) is 32.8 Å². The molecule has 0 N–H and O–H groups in total. The van der Waals surface area contributed by atoms with E-state index in [9.17, 15) is 4.79 Å². The second kappa shape index (κ2) is 15.8. The molecule has 0 atom stereocenters. The molecule has 212 valence electrons. The van der Waals surface area contributed by atoms with Gasteiger partial charge in [-0.15, -0.1) is 0 Å². The highest BCUT2D eigenvalue weighted by atomic mass is 16.5. The molecule has 0 bridgehead atoms. The van der Waals surface area contributed by atoms with E-state index in [0.717, 1.165) is 44.5 Å². The van der Waals surface area contributed by atoms with Crippen LogP contribution in [0.15, 0.2) is 12.1 Å². The van der Waals surface area contributed by atoms with Crippen LogP contribution in [0.2, 0.25) is 0 Å². The molecule has 3 fully saturated rings. The van der Waals surface area contributed by atoms with Crippen molar-refractivity contribution in [1.82, 2.24) is 9.80 Å². The fourth-order valence-corrected chi connectivity index (χ4v) is 5.93. The Morgan fingerprint density at radius 1 is 1.03 bits per heavy atom. The number of nitrogens with zero attached hydrogens (tertiary/aromatic N) is 2. The number of amides is 1. The standard InChI is InChI=1S/C28H44N2O2.C3H8.C2H6/c1-5-32-27-18-24(26(17-21(27)2)23-11-12-23)19-29-15-13-28(4,14-16-29)20-30(22(3)31)25-9-7-6-8-10-25;1-3-2;1-2/h17-18,23,25H,5-16,19-20H2,1-4H3;3H2,1-2H3;1-2H3. The Kier molecular flexibility index (Phi) is 13.5. The average molecular weight is 515 g/mol. The van der Waals surface area contributed by atoms with Gasteiger partial charge in [-0.05, 0) is 99.6 Å². The first-order valence-corrected chi connectivity index (χ1v) is 15.6. The van der Waals surface area contributed by atoms with E-state index < -0.39 is 0 Å². The summed E-state index contributed by atoms with van der Waals surface area (Å²) in [6.07, 6.45) is 12.6. The summed E-state index contributed by atoms with van der Waals surface area (Å²) in [6, 6.07) is 5.18. The monoisotopic (exact) mass is 514 g/mol. The molecule has 0 spiro atoms. The number of likely N-dealkylation sites (tertiary alicyclic amines) is 1. The van der Waals surface area contributed by atoms with Gasteiger partial charge in [0.25, 0.3) is 0 Å². The Balaban J connectivity index is 0.000000898. The summed E-state index contributed by atoms with van der Waals surface area (Å²) in [5, 5.41) is 0. The van der Waals surface area contributed by atoms with E-state index in [-0.39, 0.29) is 11.3 Å². The molecule has 1 amide bonds. The number of carbonyl (C=O) groups excluding carboxylic acids is 1. The predicted molar refractivity (Wildman–Crippen MR) is 159 cm³/mol. The van der Waals surface area contributed by atoms with Gasteiger partial charge in [-0.3, -0.25) is 9.69 Å². The molecule has 1 aromatic rings. The second-order valence-electron chi connectivity index (χ2n) is 11.8. The Morgan fingerprint density at radius 3 is 2.14 bits per heavy atom. The van der Waals surface area contributed by atoms with E-state index >= 15 is 0 Å². The molecule has 0 radical (unpaired) electrons. The maximum absolute atomic E-state index is 12.5. The molecule has 3 aliphatic rings. The number of aryl methyl sites for hydroxylation is 1. The molecular formula is C33H58N2O2. The average Bonchev–Trinajstić information content (AvgIpc) is 3.74. The van der Waals surface area contributed by atoms with Gasteiger partial charge in [0, 0.05) is 26.1 Å². The molecule has 1 aromatic carbocycles. The van der Waals surface area contributed by atoms with Crippen molar-refractivity contribution < 1.29 is 9.53 Å². The van der Waals surface area contributed by atoms with Crippen molar-refractivity contribution in [2.75, 3.05) is 26.2 Å². The van der Waals surface area contributed by atoms with Gasteiger partial charge in [0.05, 0.1) is 6.61 Å². The van der Waals surface area contributed by atoms with Gasteiger partial charge in [0.2, 0.25) is 5.91 Å². The van der Waals surface area contributed by atoms with Gasteiger partial charge in [-0.2, -0.15) is 0 Å². The summed E-state index contributed by atoms with van der Waals surface area (Å²) in [4.78, 5) is 17.4. The largest absolute Gasteiger partial charge is 0.494 e. The number of benzene rings is 1. The summed E-state index contributed by atoms with van der Waals surface area (Å²) < 4.78 is 5.92. The molecule has 2 aliphatic carbocycles. The van der Waals surface area contributed by atoms with Crippen LogP contribution in [0.4, 0.5) is 0 Å². The summed E-state index contributed by atoms with van der Waals surface area (Å²) in [5.74, 6) is 2.09. The maximum Gasteiger partial charge on any atom is 0.219 e. The Hall–Kier alpha value is -1.55. The molecular weight excluding hydrogens is 456 g/mol. The second-order valence-corrected chi connectivity index (χ2v) is 11.8. The summed E-state index contributed by atoms with van der Waals surface area (Å²) in [5.41, 5.74) is 4.54. The van der Waals surface area contributed by atoms with Gasteiger partial charge < -0.3 is 9.64 Å². The first kappa shape index (κ1) is 31.7. The van der Waals surface area contributed by atoms with E-state index in [1.165, 1.54) is 75.3 Å². The fourth-order valence-electron chi connectivity index (χ4n) is 5.93. The SMILES string of the molecule is CC.CCC.CCOc1cc(CN2CCC(C)(CN(C(C)=O)C3CCCCC3)CC2)c(C2CC2)cc1C. The van der Waals surface area contributed by atoms with Gasteiger partial charge >= 0.3 is 0 Å². The van der Waals surface area contributed by atoms with Crippen LogP contribution in [0.5, 0.6) is 5.75 Å². The van der Waals surface area contributed by atoms with E-state index in [0.29, 0.717) is 6.04 Å². The van der Waals surface area contributed by atoms with Crippen molar-refractivity contribution >= 4 is 5.91 Å². The fraction of sp³-hybridized carbons (Fsp3) is 0.788. The third-order valence-electron chi connectivity index (χ3n) is 8.18. The zero-order valence-corrected chi connectivity index (χ0v) is 25.6. The quantitative estimate of drug-likeness (QED) is 0.349. The molecule has 2 saturated carbocycles. The lowest BCUT2D eigenvalue weighted by atomic mass is 9.78. The normalized spacial score (nSPS) is 19.7. The van der Waals surface area contributed by atoms with E-state index in [2.05, 4.69) is 56.6 Å². The number of hydrogen-bond donors (Lipinski definition) is 0. The number of piperidine rings is 1. The van der Waals surface area contributed by atoms with Gasteiger partial charge in [0.1, 0.15) is 5.75 Å². The van der Waals surface area contributed by atoms with Crippen molar-refractivity contribution in [2.24, 2.45) is 5.41 Å². The molecule has 4 rings (SSSR count). The number of ether oxygens (including phenoxy) is 1. The van der Waals surface area contributed by atoms with E-state index in [4.69, 9.17) is 4.74 Å². The zero-order valence-electron chi connectivity index (χ0n) is 25.6. The van der Waals surface area contributed by atoms with Crippen LogP contribution in [-0.2, 0) is 11.3 Å². The summed E-state index contributed by atoms with van der Waals surface area (Å²) in [7, 11) is 0. The molecule has 4 heteroatoms. The van der Waals surface area contributed by atoms with E-state index in [1.807, 2.05) is 13.8 Å². The minimum Gasteiger partial charge on any atom is -0.494 e. The van der Waals surface area contributed by atoms with Crippen molar-refractivity contribution in [3.63, 3.8) is 0 Å². The number of hydrogen-bond acceptors (Lipinski definition) is 3. The highest BCUT2D eigenvalue weighted by Crippen LogP contribution is 2.44. The Bertz CT molecular complexity index is 803. The zero-order chi connectivity index (χ0) is 27.4. The van der Waals surface area contributed by atoms with Crippen LogP contribution in [0.1, 0.15) is 135 Å². The Labute approximate surface area is 229 Å². The predicted octanol–water partition coefficient (Wildman–Crippen LogP) is 8.50. The summed E-state index contributed by atoms with van der Waals surface area (Å²) >= 11 is 0. The third kappa shape index (κ3) is 9.61. The first-order chi connectivity index (χ1) is 17.8. The molecule has 4 nitrogen and oxygen atoms in total. The third-order valence-corrected chi connectivity index (χ3v) is 8.18. The molecule has 0 aromatic heterocycles. The molecule has 0 unspecified atom stereocenters. The van der Waals surface area contributed by atoms with Gasteiger partial charge in [-0.25, -0.2) is 0 Å². The lowest BCUT2D eigenvalue weighted by Gasteiger charge is -2.45. The highest BCUT2D eigenvalue weighted by molar-refractivity contribution is 5.73. The molecule has 1 heterocycles. The lowest BCUT2D eigenvalue weighted by Crippen LogP contribution is -2.49. The van der Waals surface area contributed by atoms with Crippen LogP contribution < -0.4 is 4.74 Å². The van der Waals surface area contributed by atoms with Crippen molar-refractivity contribution in [2.45, 2.75) is 138 Å². The number of rotatable bonds is 8. The number of carbonyl (C=O) groups is 1. The van der Waals surface area contributed by atoms with Crippen LogP contribution in [-0.4, -0.2) is 48.0 Å². The first-order valence-electron chi connectivity index (χ1n) is 15.6. The highest BCUT2D eigenvalue weighted by Gasteiger charge is 2.36. The van der Waals surface area contributed by atoms with Crippen LogP contribution in [0.3, 0.4) is 0 Å². The van der Waals surface area contributed by atoms with Crippen molar-refractivity contribution in [3.05, 3.63) is 28.8 Å². The van der Waals surface area contributed by atoms with Crippen LogP contribution in [0, 0.1) is 12.3 Å². The van der Waals surface area contributed by atoms with Gasteiger partial charge in [-0.1, -0.05) is 66.4 Å². The minimum absolute atomic E-state index is 0.239. The van der Waals surface area contributed by atoms with Crippen molar-refractivity contribution in [1.29, 1.82) is 0 Å². The minimum atomic E-state index is 0.239. The van der Waals surface area contributed by atoms with Crippen LogP contribution in [0.25, 0.3) is 0 Å². The maximum atomic E-state index is 12.5. The van der Waals surface area contributed by atoms with E-state index in [1.54, 1.807) is 12.5 Å². The molecule has 37 heavy (non-hydrogen) atoms. The Morgan fingerprint density at radius 2 is 1.62 bits per heavy atom. The summed E-state index contributed by atoms with van der Waals surface area (Å²) in [6.45, 7) is 21.6. The van der Waals surface area contributed by atoms with Crippen molar-refractivity contribution in [3.8, 4) is 5.75 Å². The van der Waals surface area contributed by atoms with Gasteiger partial charge in [0.15, 0.2) is 0 Å². The molecule has 1 aliphatic heterocycles. The lowest BCUT2D eigenvalue weighted by molar-refractivity contribution is -0.134. The van der Waals surface area contributed by atoms with Crippen LogP contribution >= 0.6 is 0 Å². The smallest absolute Gasteiger partial charge is 0.219 e.